The van der Waals surface area contributed by atoms with E-state index in [1.54, 1.807) is 11.0 Å². The predicted octanol–water partition coefficient (Wildman–Crippen LogP) is 2.56. The lowest BCUT2D eigenvalue weighted by molar-refractivity contribution is 0.0514. The third kappa shape index (κ3) is 5.03. The van der Waals surface area contributed by atoms with E-state index in [0.717, 1.165) is 12.5 Å². The van der Waals surface area contributed by atoms with Crippen LogP contribution < -0.4 is 0 Å². The largest absolute Gasteiger partial charge is 0.392 e. The van der Waals surface area contributed by atoms with Gasteiger partial charge in [-0.2, -0.15) is 0 Å². The summed E-state index contributed by atoms with van der Waals surface area (Å²) >= 11 is 5.71. The smallest absolute Gasteiger partial charge is 0.256 e. The molecule has 0 bridgehead atoms. The Morgan fingerprint density at radius 2 is 2.09 bits per heavy atom. The third-order valence-corrected chi connectivity index (χ3v) is 4.23. The minimum atomic E-state index is -0.593. The second-order valence-corrected chi connectivity index (χ2v) is 6.17. The molecule has 126 valence electrons. The number of allylic oxidation sites excluding steroid dienone is 1. The summed E-state index contributed by atoms with van der Waals surface area (Å²) in [6.45, 7) is 6.62. The first-order chi connectivity index (χ1) is 11.0. The van der Waals surface area contributed by atoms with Gasteiger partial charge in [0.1, 0.15) is 5.82 Å². The molecule has 1 fully saturated rings. The van der Waals surface area contributed by atoms with Crippen LogP contribution in [0.4, 0.5) is 4.39 Å². The van der Waals surface area contributed by atoms with E-state index in [9.17, 15) is 14.3 Å². The first kappa shape index (κ1) is 17.9. The number of halogens is 2. The van der Waals surface area contributed by atoms with Crippen LogP contribution in [0.3, 0.4) is 0 Å². The quantitative estimate of drug-likeness (QED) is 0.809. The zero-order chi connectivity index (χ0) is 16.8. The first-order valence-corrected chi connectivity index (χ1v) is 8.14. The second-order valence-electron chi connectivity index (χ2n) is 5.74. The molecule has 0 radical (unpaired) electrons. The number of aliphatic hydroxyl groups is 1. The molecule has 0 spiro atoms. The maximum absolute atomic E-state index is 13.8. The average molecular weight is 341 g/mol. The molecule has 1 aliphatic rings. The molecular weight excluding hydrogens is 319 g/mol. The molecule has 1 aromatic carbocycles. The number of hydrogen-bond acceptors (Lipinski definition) is 3. The summed E-state index contributed by atoms with van der Waals surface area (Å²) < 4.78 is 13.8. The summed E-state index contributed by atoms with van der Waals surface area (Å²) in [6.07, 6.45) is 2.89. The molecule has 2 rings (SSSR count). The van der Waals surface area contributed by atoms with Crippen molar-refractivity contribution in [1.82, 2.24) is 9.80 Å². The molecule has 6 heteroatoms. The van der Waals surface area contributed by atoms with E-state index < -0.39 is 5.82 Å². The zero-order valence-corrected chi connectivity index (χ0v) is 13.8. The number of rotatable bonds is 6. The van der Waals surface area contributed by atoms with Gasteiger partial charge in [0.05, 0.1) is 11.7 Å². The highest BCUT2D eigenvalue weighted by Gasteiger charge is 2.24. The Bertz CT molecular complexity index is 560. The van der Waals surface area contributed by atoms with Crippen LogP contribution in [0.2, 0.25) is 5.02 Å². The highest BCUT2D eigenvalue weighted by molar-refractivity contribution is 6.30. The number of aliphatic hydroxyl groups excluding tert-OH is 1. The third-order valence-electron chi connectivity index (χ3n) is 3.99. The lowest BCUT2D eigenvalue weighted by atomic mass is 10.1. The lowest BCUT2D eigenvalue weighted by Gasteiger charge is -2.35. The van der Waals surface area contributed by atoms with Crippen LogP contribution in [0, 0.1) is 5.82 Å². The molecule has 1 aromatic rings. The summed E-state index contributed by atoms with van der Waals surface area (Å²) in [6, 6.07) is 4.09. The summed E-state index contributed by atoms with van der Waals surface area (Å²) in [5, 5.41) is 10.2. The molecule has 0 saturated carbocycles. The van der Waals surface area contributed by atoms with E-state index in [4.69, 9.17) is 11.6 Å². The van der Waals surface area contributed by atoms with Gasteiger partial charge in [-0.15, -0.1) is 6.58 Å². The Morgan fingerprint density at radius 3 is 2.70 bits per heavy atom. The molecule has 23 heavy (non-hydrogen) atoms. The summed E-state index contributed by atoms with van der Waals surface area (Å²) in [5.41, 5.74) is 0.0499. The van der Waals surface area contributed by atoms with E-state index in [0.29, 0.717) is 39.1 Å². The van der Waals surface area contributed by atoms with Crippen LogP contribution >= 0.6 is 11.6 Å². The molecule has 1 unspecified atom stereocenters. The number of carbonyl (C=O) groups is 1. The SMILES string of the molecule is C=CCCC(O)CN1CCN(C(=O)c2ccc(Cl)cc2F)CC1. The van der Waals surface area contributed by atoms with E-state index in [2.05, 4.69) is 11.5 Å². The van der Waals surface area contributed by atoms with Crippen molar-refractivity contribution >= 4 is 17.5 Å². The Morgan fingerprint density at radius 1 is 1.39 bits per heavy atom. The van der Waals surface area contributed by atoms with E-state index in [-0.39, 0.29) is 22.6 Å². The van der Waals surface area contributed by atoms with Gasteiger partial charge in [-0.3, -0.25) is 9.69 Å². The van der Waals surface area contributed by atoms with Crippen molar-refractivity contribution in [3.63, 3.8) is 0 Å². The van der Waals surface area contributed by atoms with Crippen molar-refractivity contribution in [3.05, 3.63) is 47.3 Å². The van der Waals surface area contributed by atoms with E-state index in [1.807, 2.05) is 0 Å². The van der Waals surface area contributed by atoms with Crippen LogP contribution in [-0.2, 0) is 0 Å². The second kappa shape index (κ2) is 8.43. The number of hydrogen-bond donors (Lipinski definition) is 1. The van der Waals surface area contributed by atoms with Crippen molar-refractivity contribution in [2.24, 2.45) is 0 Å². The molecule has 0 aliphatic carbocycles. The summed E-state index contributed by atoms with van der Waals surface area (Å²) in [7, 11) is 0. The molecule has 1 aliphatic heterocycles. The van der Waals surface area contributed by atoms with Crippen molar-refractivity contribution in [2.45, 2.75) is 18.9 Å². The Kier molecular flexibility index (Phi) is 6.57. The molecule has 1 N–H and O–H groups in total. The number of piperazine rings is 1. The number of benzene rings is 1. The van der Waals surface area contributed by atoms with Gasteiger partial charge in [-0.1, -0.05) is 17.7 Å². The van der Waals surface area contributed by atoms with Crippen LogP contribution in [0.1, 0.15) is 23.2 Å². The number of nitrogens with zero attached hydrogens (tertiary/aromatic N) is 2. The minimum Gasteiger partial charge on any atom is -0.392 e. The fourth-order valence-corrected chi connectivity index (χ4v) is 2.83. The molecule has 1 saturated heterocycles. The summed E-state index contributed by atoms with van der Waals surface area (Å²) in [4.78, 5) is 16.1. The molecule has 1 heterocycles. The van der Waals surface area contributed by atoms with Gasteiger partial charge in [0.25, 0.3) is 5.91 Å². The monoisotopic (exact) mass is 340 g/mol. The van der Waals surface area contributed by atoms with Gasteiger partial charge in [0.2, 0.25) is 0 Å². The molecular formula is C17H22ClFN2O2. The average Bonchev–Trinajstić information content (AvgIpc) is 2.53. The number of carbonyl (C=O) groups excluding carboxylic acids is 1. The maximum Gasteiger partial charge on any atom is 0.256 e. The van der Waals surface area contributed by atoms with Crippen molar-refractivity contribution < 1.29 is 14.3 Å². The van der Waals surface area contributed by atoms with Crippen LogP contribution in [0.15, 0.2) is 30.9 Å². The van der Waals surface area contributed by atoms with Crippen molar-refractivity contribution in [3.8, 4) is 0 Å². The standard InChI is InChI=1S/C17H22ClFN2O2/c1-2-3-4-14(22)12-20-7-9-21(10-8-20)17(23)15-6-5-13(18)11-16(15)19/h2,5-6,11,14,22H,1,3-4,7-10,12H2. The highest BCUT2D eigenvalue weighted by Crippen LogP contribution is 2.17. The zero-order valence-electron chi connectivity index (χ0n) is 13.0. The van der Waals surface area contributed by atoms with Crippen LogP contribution in [-0.4, -0.2) is 59.6 Å². The van der Waals surface area contributed by atoms with Gasteiger partial charge in [0, 0.05) is 37.7 Å². The van der Waals surface area contributed by atoms with Crippen LogP contribution in [0.5, 0.6) is 0 Å². The Hall–Kier alpha value is -1.43. The number of amides is 1. The fraction of sp³-hybridized carbons (Fsp3) is 0.471. The molecule has 4 nitrogen and oxygen atoms in total. The minimum absolute atomic E-state index is 0.0499. The molecule has 1 atom stereocenters. The Balaban J connectivity index is 1.86. The van der Waals surface area contributed by atoms with Gasteiger partial charge in [0.15, 0.2) is 0 Å². The fourth-order valence-electron chi connectivity index (χ4n) is 2.67. The van der Waals surface area contributed by atoms with Crippen molar-refractivity contribution in [1.29, 1.82) is 0 Å². The molecule has 0 aromatic heterocycles. The maximum atomic E-state index is 13.8. The van der Waals surface area contributed by atoms with Gasteiger partial charge < -0.3 is 10.0 Å². The van der Waals surface area contributed by atoms with E-state index in [1.165, 1.54) is 12.1 Å². The Labute approximate surface area is 141 Å². The van der Waals surface area contributed by atoms with E-state index >= 15 is 0 Å². The number of β-amino-alcohol motifs (C(OH)–C–C–N with tert-alkyl or cyclic N) is 1. The predicted molar refractivity (Wildman–Crippen MR) is 89.2 cm³/mol. The van der Waals surface area contributed by atoms with Gasteiger partial charge in [-0.05, 0) is 31.0 Å². The van der Waals surface area contributed by atoms with Crippen molar-refractivity contribution in [2.75, 3.05) is 32.7 Å². The van der Waals surface area contributed by atoms with Gasteiger partial charge in [-0.25, -0.2) is 4.39 Å². The van der Waals surface area contributed by atoms with Gasteiger partial charge >= 0.3 is 0 Å². The highest BCUT2D eigenvalue weighted by atomic mass is 35.5. The normalized spacial score (nSPS) is 17.1. The summed E-state index contributed by atoms with van der Waals surface area (Å²) in [5.74, 6) is -0.907. The lowest BCUT2D eigenvalue weighted by Crippen LogP contribution is -2.50. The first-order valence-electron chi connectivity index (χ1n) is 7.77. The molecule has 1 amide bonds. The van der Waals surface area contributed by atoms with Crippen LogP contribution in [0.25, 0.3) is 0 Å². The topological polar surface area (TPSA) is 43.8 Å².